The molecule has 22 heavy (non-hydrogen) atoms. The van der Waals surface area contributed by atoms with E-state index in [1.807, 2.05) is 18.2 Å². The van der Waals surface area contributed by atoms with Crippen LogP contribution in [0.25, 0.3) is 0 Å². The molecule has 0 spiro atoms. The predicted molar refractivity (Wildman–Crippen MR) is 91.0 cm³/mol. The molecule has 1 amide bonds. The van der Waals surface area contributed by atoms with Gasteiger partial charge in [0.1, 0.15) is 5.75 Å². The number of nitrogens with zero attached hydrogens (tertiary/aromatic N) is 1. The first-order valence-corrected chi connectivity index (χ1v) is 7.48. The lowest BCUT2D eigenvalue weighted by Crippen LogP contribution is -2.22. The molecule has 0 aliphatic carbocycles. The molecule has 0 aromatic heterocycles. The second-order valence-electron chi connectivity index (χ2n) is 4.91. The molecule has 116 valence electrons. The van der Waals surface area contributed by atoms with Crippen molar-refractivity contribution in [1.82, 2.24) is 0 Å². The van der Waals surface area contributed by atoms with Crippen molar-refractivity contribution in [2.24, 2.45) is 0 Å². The fourth-order valence-electron chi connectivity index (χ4n) is 2.31. The summed E-state index contributed by atoms with van der Waals surface area (Å²) in [6, 6.07) is 15.0. The molecule has 2 aromatic carbocycles. The number of anilines is 2. The topological polar surface area (TPSA) is 41.6 Å². The van der Waals surface area contributed by atoms with Crippen LogP contribution in [-0.2, 0) is 0 Å². The largest absolute Gasteiger partial charge is 0.497 e. The number of rotatable bonds is 6. The van der Waals surface area contributed by atoms with Gasteiger partial charge in [0.25, 0.3) is 5.91 Å². The summed E-state index contributed by atoms with van der Waals surface area (Å²) in [6.45, 7) is 6.11. The maximum atomic E-state index is 12.3. The van der Waals surface area contributed by atoms with E-state index in [9.17, 15) is 4.79 Å². The van der Waals surface area contributed by atoms with Gasteiger partial charge in [0.05, 0.1) is 7.11 Å². The number of hydrogen-bond donors (Lipinski definition) is 1. The van der Waals surface area contributed by atoms with E-state index in [4.69, 9.17) is 4.74 Å². The number of ether oxygens (including phenoxy) is 1. The molecule has 0 aliphatic heterocycles. The summed E-state index contributed by atoms with van der Waals surface area (Å²) in [5.41, 5.74) is 2.51. The molecule has 2 rings (SSSR count). The zero-order valence-corrected chi connectivity index (χ0v) is 13.3. The average Bonchev–Trinajstić information content (AvgIpc) is 2.56. The van der Waals surface area contributed by atoms with E-state index in [1.165, 1.54) is 0 Å². The number of carbonyl (C=O) groups is 1. The first-order valence-electron chi connectivity index (χ1n) is 7.48. The third-order valence-corrected chi connectivity index (χ3v) is 3.58. The van der Waals surface area contributed by atoms with Gasteiger partial charge in [-0.15, -0.1) is 0 Å². The Labute approximate surface area is 131 Å². The van der Waals surface area contributed by atoms with Crippen LogP contribution in [0.4, 0.5) is 11.4 Å². The van der Waals surface area contributed by atoms with E-state index in [0.717, 1.165) is 30.2 Å². The fourth-order valence-corrected chi connectivity index (χ4v) is 2.31. The van der Waals surface area contributed by atoms with Crippen molar-refractivity contribution in [2.75, 3.05) is 30.4 Å². The highest BCUT2D eigenvalue weighted by molar-refractivity contribution is 6.04. The number of nitrogens with one attached hydrogen (secondary N) is 1. The molecule has 4 heteroatoms. The van der Waals surface area contributed by atoms with Gasteiger partial charge in [0.2, 0.25) is 0 Å². The van der Waals surface area contributed by atoms with Crippen molar-refractivity contribution in [3.63, 3.8) is 0 Å². The first-order chi connectivity index (χ1) is 10.7. The third kappa shape index (κ3) is 3.79. The summed E-state index contributed by atoms with van der Waals surface area (Å²) in [6.07, 6.45) is 0. The second kappa shape index (κ2) is 7.50. The van der Waals surface area contributed by atoms with Gasteiger partial charge in [0.15, 0.2) is 0 Å². The van der Waals surface area contributed by atoms with Crippen LogP contribution in [0.1, 0.15) is 24.2 Å². The van der Waals surface area contributed by atoms with E-state index in [-0.39, 0.29) is 5.91 Å². The van der Waals surface area contributed by atoms with Crippen molar-refractivity contribution in [2.45, 2.75) is 13.8 Å². The highest BCUT2D eigenvalue weighted by atomic mass is 16.5. The van der Waals surface area contributed by atoms with Crippen LogP contribution >= 0.6 is 0 Å². The SMILES string of the molecule is CCN(CC)c1cccc(NC(=O)c2ccc(OC)cc2)c1. The smallest absolute Gasteiger partial charge is 0.255 e. The quantitative estimate of drug-likeness (QED) is 0.882. The van der Waals surface area contributed by atoms with Gasteiger partial charge in [-0.1, -0.05) is 6.07 Å². The van der Waals surface area contributed by atoms with E-state index in [1.54, 1.807) is 31.4 Å². The molecule has 0 bridgehead atoms. The lowest BCUT2D eigenvalue weighted by Gasteiger charge is -2.21. The molecule has 1 N–H and O–H groups in total. The molecule has 2 aromatic rings. The minimum atomic E-state index is -0.126. The van der Waals surface area contributed by atoms with Crippen molar-refractivity contribution in [1.29, 1.82) is 0 Å². The summed E-state index contributed by atoms with van der Waals surface area (Å²) in [5, 5.41) is 2.93. The zero-order valence-electron chi connectivity index (χ0n) is 13.3. The molecule has 0 aliphatic rings. The summed E-state index contributed by atoms with van der Waals surface area (Å²) >= 11 is 0. The Balaban J connectivity index is 2.12. The lowest BCUT2D eigenvalue weighted by molar-refractivity contribution is 0.102. The highest BCUT2D eigenvalue weighted by Crippen LogP contribution is 2.20. The Morgan fingerprint density at radius 1 is 1.09 bits per heavy atom. The Morgan fingerprint density at radius 3 is 2.36 bits per heavy atom. The van der Waals surface area contributed by atoms with Crippen LogP contribution < -0.4 is 15.0 Å². The molecule has 0 unspecified atom stereocenters. The lowest BCUT2D eigenvalue weighted by atomic mass is 10.2. The molecule has 0 atom stereocenters. The van der Waals surface area contributed by atoms with Gasteiger partial charge >= 0.3 is 0 Å². The Morgan fingerprint density at radius 2 is 1.77 bits per heavy atom. The maximum absolute atomic E-state index is 12.3. The van der Waals surface area contributed by atoms with Gasteiger partial charge < -0.3 is 15.0 Å². The minimum Gasteiger partial charge on any atom is -0.497 e. The van der Waals surface area contributed by atoms with Crippen molar-refractivity contribution in [3.8, 4) is 5.75 Å². The van der Waals surface area contributed by atoms with Crippen LogP contribution in [0.3, 0.4) is 0 Å². The Kier molecular flexibility index (Phi) is 5.42. The van der Waals surface area contributed by atoms with Gasteiger partial charge in [0, 0.05) is 30.0 Å². The second-order valence-corrected chi connectivity index (χ2v) is 4.91. The van der Waals surface area contributed by atoms with E-state index < -0.39 is 0 Å². The van der Waals surface area contributed by atoms with Crippen molar-refractivity contribution < 1.29 is 9.53 Å². The van der Waals surface area contributed by atoms with Crippen molar-refractivity contribution >= 4 is 17.3 Å². The summed E-state index contributed by atoms with van der Waals surface area (Å²) < 4.78 is 5.10. The molecule has 4 nitrogen and oxygen atoms in total. The standard InChI is InChI=1S/C18H22N2O2/c1-4-20(5-2)16-8-6-7-15(13-16)19-18(21)14-9-11-17(22-3)12-10-14/h6-13H,4-5H2,1-3H3,(H,19,21). The first kappa shape index (κ1) is 15.9. The average molecular weight is 298 g/mol. The molecule has 0 saturated carbocycles. The summed E-state index contributed by atoms with van der Waals surface area (Å²) in [7, 11) is 1.60. The van der Waals surface area contributed by atoms with E-state index in [2.05, 4.69) is 30.1 Å². The Bertz CT molecular complexity index is 619. The number of amides is 1. The van der Waals surface area contributed by atoms with Crippen molar-refractivity contribution in [3.05, 3.63) is 54.1 Å². The van der Waals surface area contributed by atoms with E-state index in [0.29, 0.717) is 5.56 Å². The number of hydrogen-bond acceptors (Lipinski definition) is 3. The number of benzene rings is 2. The minimum absolute atomic E-state index is 0.126. The monoisotopic (exact) mass is 298 g/mol. The van der Waals surface area contributed by atoms with Crippen LogP contribution in [0.5, 0.6) is 5.75 Å². The molecule has 0 radical (unpaired) electrons. The summed E-state index contributed by atoms with van der Waals surface area (Å²) in [5.74, 6) is 0.611. The number of carbonyl (C=O) groups excluding carboxylic acids is 1. The molecule has 0 fully saturated rings. The van der Waals surface area contributed by atoms with E-state index >= 15 is 0 Å². The molecular weight excluding hydrogens is 276 g/mol. The van der Waals surface area contributed by atoms with Gasteiger partial charge in [-0.05, 0) is 56.3 Å². The van der Waals surface area contributed by atoms with Gasteiger partial charge in [-0.25, -0.2) is 0 Å². The Hall–Kier alpha value is -2.49. The summed E-state index contributed by atoms with van der Waals surface area (Å²) in [4.78, 5) is 14.5. The normalized spacial score (nSPS) is 10.1. The highest BCUT2D eigenvalue weighted by Gasteiger charge is 2.08. The molecule has 0 heterocycles. The van der Waals surface area contributed by atoms with Crippen LogP contribution in [0.15, 0.2) is 48.5 Å². The fraction of sp³-hybridized carbons (Fsp3) is 0.278. The van der Waals surface area contributed by atoms with Gasteiger partial charge in [-0.2, -0.15) is 0 Å². The zero-order chi connectivity index (χ0) is 15.9. The molecule has 0 saturated heterocycles. The van der Waals surface area contributed by atoms with Gasteiger partial charge in [-0.3, -0.25) is 4.79 Å². The number of methoxy groups -OCH3 is 1. The predicted octanol–water partition coefficient (Wildman–Crippen LogP) is 3.79. The van der Waals surface area contributed by atoms with Crippen LogP contribution in [0, 0.1) is 0 Å². The molecular formula is C18H22N2O2. The van der Waals surface area contributed by atoms with Crippen LogP contribution in [0.2, 0.25) is 0 Å². The third-order valence-electron chi connectivity index (χ3n) is 3.58. The maximum Gasteiger partial charge on any atom is 0.255 e. The van der Waals surface area contributed by atoms with Crippen LogP contribution in [-0.4, -0.2) is 26.1 Å².